The van der Waals surface area contributed by atoms with E-state index in [4.69, 9.17) is 4.74 Å². The first-order valence-electron chi connectivity index (χ1n) is 8.47. The topological polar surface area (TPSA) is 47.0 Å². The van der Waals surface area contributed by atoms with E-state index in [0.29, 0.717) is 24.4 Å². The molecule has 0 amide bonds. The third-order valence-corrected chi connectivity index (χ3v) is 3.90. The molecule has 0 radical (unpaired) electrons. The molecule has 1 heterocycles. The molecule has 4 heteroatoms. The van der Waals surface area contributed by atoms with Crippen molar-refractivity contribution in [2.75, 3.05) is 11.9 Å². The van der Waals surface area contributed by atoms with Crippen LogP contribution in [-0.2, 0) is 0 Å². The molecule has 1 saturated carbocycles. The highest BCUT2D eigenvalue weighted by Crippen LogP contribution is 2.23. The minimum absolute atomic E-state index is 0.310. The first-order chi connectivity index (χ1) is 10.2. The van der Waals surface area contributed by atoms with Gasteiger partial charge >= 0.3 is 0 Å². The SMILES string of the molecule is CCCOc1cc(NC2CCCCCC2)nc(C(C)C)n1. The second kappa shape index (κ2) is 8.20. The van der Waals surface area contributed by atoms with Crippen molar-refractivity contribution in [2.24, 2.45) is 0 Å². The summed E-state index contributed by atoms with van der Waals surface area (Å²) in [6.45, 7) is 7.05. The molecule has 4 nitrogen and oxygen atoms in total. The largest absolute Gasteiger partial charge is 0.478 e. The molecule has 118 valence electrons. The van der Waals surface area contributed by atoms with E-state index in [1.54, 1.807) is 0 Å². The smallest absolute Gasteiger partial charge is 0.218 e. The zero-order valence-electron chi connectivity index (χ0n) is 13.7. The molecule has 1 fully saturated rings. The zero-order valence-corrected chi connectivity index (χ0v) is 13.7. The van der Waals surface area contributed by atoms with Crippen LogP contribution in [0.5, 0.6) is 5.88 Å². The Morgan fingerprint density at radius 2 is 1.90 bits per heavy atom. The van der Waals surface area contributed by atoms with Gasteiger partial charge in [-0.05, 0) is 19.3 Å². The molecule has 21 heavy (non-hydrogen) atoms. The molecule has 1 aliphatic rings. The molecular formula is C17H29N3O. The van der Waals surface area contributed by atoms with Gasteiger partial charge in [-0.3, -0.25) is 0 Å². The van der Waals surface area contributed by atoms with Crippen LogP contribution in [0.3, 0.4) is 0 Å². The molecule has 1 aromatic heterocycles. The Hall–Kier alpha value is -1.32. The Morgan fingerprint density at radius 3 is 2.52 bits per heavy atom. The van der Waals surface area contributed by atoms with Crippen molar-refractivity contribution in [3.05, 3.63) is 11.9 Å². The van der Waals surface area contributed by atoms with E-state index in [2.05, 4.69) is 36.1 Å². The summed E-state index contributed by atoms with van der Waals surface area (Å²) >= 11 is 0. The lowest BCUT2D eigenvalue weighted by atomic mass is 10.1. The second-order valence-electron chi connectivity index (χ2n) is 6.29. The standard InChI is InChI=1S/C17H29N3O/c1-4-11-21-16-12-15(19-17(20-16)13(2)3)18-14-9-7-5-6-8-10-14/h12-14H,4-11H2,1-3H3,(H,18,19,20). The van der Waals surface area contributed by atoms with Crippen molar-refractivity contribution in [3.8, 4) is 5.88 Å². The molecule has 0 saturated heterocycles. The molecular weight excluding hydrogens is 262 g/mol. The number of anilines is 1. The van der Waals surface area contributed by atoms with Gasteiger partial charge in [0.25, 0.3) is 0 Å². The van der Waals surface area contributed by atoms with E-state index in [-0.39, 0.29) is 0 Å². The molecule has 2 rings (SSSR count). The quantitative estimate of drug-likeness (QED) is 0.783. The van der Waals surface area contributed by atoms with Crippen molar-refractivity contribution < 1.29 is 4.74 Å². The van der Waals surface area contributed by atoms with Gasteiger partial charge < -0.3 is 10.1 Å². The Kier molecular flexibility index (Phi) is 6.27. The molecule has 0 bridgehead atoms. The van der Waals surface area contributed by atoms with Crippen molar-refractivity contribution in [1.82, 2.24) is 9.97 Å². The number of nitrogens with one attached hydrogen (secondary N) is 1. The normalized spacial score (nSPS) is 16.8. The van der Waals surface area contributed by atoms with Gasteiger partial charge in [-0.25, -0.2) is 4.98 Å². The van der Waals surface area contributed by atoms with Crippen LogP contribution >= 0.6 is 0 Å². The van der Waals surface area contributed by atoms with E-state index in [9.17, 15) is 0 Å². The van der Waals surface area contributed by atoms with Crippen LogP contribution in [0.4, 0.5) is 5.82 Å². The highest BCUT2D eigenvalue weighted by atomic mass is 16.5. The summed E-state index contributed by atoms with van der Waals surface area (Å²) < 4.78 is 5.71. The Labute approximate surface area is 128 Å². The fraction of sp³-hybridized carbons (Fsp3) is 0.765. The van der Waals surface area contributed by atoms with Crippen LogP contribution in [0.15, 0.2) is 6.07 Å². The molecule has 0 unspecified atom stereocenters. The van der Waals surface area contributed by atoms with Crippen molar-refractivity contribution in [3.63, 3.8) is 0 Å². The minimum atomic E-state index is 0.310. The Morgan fingerprint density at radius 1 is 1.19 bits per heavy atom. The van der Waals surface area contributed by atoms with Gasteiger partial charge in [-0.1, -0.05) is 46.5 Å². The molecule has 0 aliphatic heterocycles. The molecule has 1 aromatic rings. The van der Waals surface area contributed by atoms with Crippen LogP contribution in [0.1, 0.15) is 77.5 Å². The molecule has 0 spiro atoms. The number of aromatic nitrogens is 2. The van der Waals surface area contributed by atoms with Crippen molar-refractivity contribution in [1.29, 1.82) is 0 Å². The Balaban J connectivity index is 2.10. The fourth-order valence-corrected chi connectivity index (χ4v) is 2.69. The predicted octanol–water partition coefficient (Wildman–Crippen LogP) is 4.52. The van der Waals surface area contributed by atoms with Crippen molar-refractivity contribution in [2.45, 2.75) is 77.7 Å². The van der Waals surface area contributed by atoms with E-state index >= 15 is 0 Å². The van der Waals surface area contributed by atoms with Crippen LogP contribution in [0.25, 0.3) is 0 Å². The van der Waals surface area contributed by atoms with E-state index < -0.39 is 0 Å². The van der Waals surface area contributed by atoms with Crippen LogP contribution in [0.2, 0.25) is 0 Å². The first-order valence-corrected chi connectivity index (χ1v) is 8.47. The monoisotopic (exact) mass is 291 g/mol. The van der Waals surface area contributed by atoms with Gasteiger partial charge in [0, 0.05) is 18.0 Å². The van der Waals surface area contributed by atoms with E-state index in [1.807, 2.05) is 6.07 Å². The third kappa shape index (κ3) is 5.18. The van der Waals surface area contributed by atoms with Gasteiger partial charge in [-0.2, -0.15) is 4.98 Å². The fourth-order valence-electron chi connectivity index (χ4n) is 2.69. The van der Waals surface area contributed by atoms with Gasteiger partial charge in [0.05, 0.1) is 6.61 Å². The summed E-state index contributed by atoms with van der Waals surface area (Å²) in [6, 6.07) is 2.49. The number of nitrogens with zero attached hydrogens (tertiary/aromatic N) is 2. The summed E-state index contributed by atoms with van der Waals surface area (Å²) in [7, 11) is 0. The lowest BCUT2D eigenvalue weighted by Crippen LogP contribution is -2.20. The zero-order chi connectivity index (χ0) is 15.1. The maximum atomic E-state index is 5.71. The van der Waals surface area contributed by atoms with Crippen LogP contribution < -0.4 is 10.1 Å². The number of hydrogen-bond acceptors (Lipinski definition) is 4. The second-order valence-corrected chi connectivity index (χ2v) is 6.29. The number of hydrogen-bond donors (Lipinski definition) is 1. The maximum absolute atomic E-state index is 5.71. The predicted molar refractivity (Wildman–Crippen MR) is 87.0 cm³/mol. The van der Waals surface area contributed by atoms with Crippen LogP contribution in [-0.4, -0.2) is 22.6 Å². The molecule has 0 atom stereocenters. The first kappa shape index (κ1) is 16.1. The van der Waals surface area contributed by atoms with Gasteiger partial charge in [0.2, 0.25) is 5.88 Å². The third-order valence-electron chi connectivity index (χ3n) is 3.90. The molecule has 1 aliphatic carbocycles. The van der Waals surface area contributed by atoms with E-state index in [1.165, 1.54) is 38.5 Å². The summed E-state index contributed by atoms with van der Waals surface area (Å²) in [5.74, 6) is 2.79. The minimum Gasteiger partial charge on any atom is -0.478 e. The summed E-state index contributed by atoms with van der Waals surface area (Å²) in [5.41, 5.74) is 0. The lowest BCUT2D eigenvalue weighted by molar-refractivity contribution is 0.303. The summed E-state index contributed by atoms with van der Waals surface area (Å²) in [6.07, 6.45) is 8.84. The highest BCUT2D eigenvalue weighted by molar-refractivity contribution is 5.40. The van der Waals surface area contributed by atoms with Gasteiger partial charge in [-0.15, -0.1) is 0 Å². The number of rotatable bonds is 6. The van der Waals surface area contributed by atoms with Crippen molar-refractivity contribution >= 4 is 5.82 Å². The number of ether oxygens (including phenoxy) is 1. The van der Waals surface area contributed by atoms with Gasteiger partial charge in [0.15, 0.2) is 0 Å². The maximum Gasteiger partial charge on any atom is 0.218 e. The summed E-state index contributed by atoms with van der Waals surface area (Å²) in [4.78, 5) is 9.17. The molecule has 1 N–H and O–H groups in total. The highest BCUT2D eigenvalue weighted by Gasteiger charge is 2.15. The average Bonchev–Trinajstić information content (AvgIpc) is 2.73. The Bertz CT molecular complexity index is 426. The van der Waals surface area contributed by atoms with E-state index in [0.717, 1.165) is 18.1 Å². The summed E-state index contributed by atoms with van der Waals surface area (Å²) in [5, 5.41) is 3.60. The van der Waals surface area contributed by atoms with Gasteiger partial charge in [0.1, 0.15) is 11.6 Å². The molecule has 0 aromatic carbocycles. The van der Waals surface area contributed by atoms with Crippen LogP contribution in [0, 0.1) is 0 Å². The lowest BCUT2D eigenvalue weighted by Gasteiger charge is -2.18. The average molecular weight is 291 g/mol.